The van der Waals surface area contributed by atoms with Gasteiger partial charge in [0.2, 0.25) is 0 Å². The molecule has 2 aromatic carbocycles. The van der Waals surface area contributed by atoms with Crippen molar-refractivity contribution in [3.63, 3.8) is 0 Å². The minimum absolute atomic E-state index is 0.317. The van der Waals surface area contributed by atoms with Crippen LogP contribution in [-0.4, -0.2) is 31.8 Å². The normalized spacial score (nSPS) is 10.4. The van der Waals surface area contributed by atoms with Crippen molar-refractivity contribution in [1.82, 2.24) is 4.98 Å². The number of aromatic amines is 1. The first-order valence-electron chi connectivity index (χ1n) is 8.35. The van der Waals surface area contributed by atoms with E-state index in [2.05, 4.69) is 4.98 Å². The molecule has 3 aromatic rings. The Morgan fingerprint density at radius 1 is 0.885 bits per heavy atom. The van der Waals surface area contributed by atoms with Crippen molar-refractivity contribution in [3.05, 3.63) is 60.4 Å². The lowest BCUT2D eigenvalue weighted by Crippen LogP contribution is -2.06. The molecule has 0 bridgehead atoms. The number of methoxy groups -OCH3 is 2. The quantitative estimate of drug-likeness (QED) is 0.662. The molecule has 0 aliphatic rings. The summed E-state index contributed by atoms with van der Waals surface area (Å²) in [6, 6.07) is 15.3. The predicted molar refractivity (Wildman–Crippen MR) is 101 cm³/mol. The van der Waals surface area contributed by atoms with Gasteiger partial charge in [-0.1, -0.05) is 24.3 Å². The van der Waals surface area contributed by atoms with Crippen molar-refractivity contribution in [2.24, 2.45) is 0 Å². The Bertz CT molecular complexity index is 879. The molecule has 0 amide bonds. The average Bonchev–Trinajstić information content (AvgIpc) is 3.13. The number of H-pyrrole nitrogens is 1. The number of nitrogens with one attached hydrogen (secondary N) is 1. The van der Waals surface area contributed by atoms with Crippen molar-refractivity contribution in [1.29, 1.82) is 0 Å². The molecule has 1 aromatic heterocycles. The Labute approximate surface area is 152 Å². The molecule has 134 valence electrons. The van der Waals surface area contributed by atoms with E-state index in [1.807, 2.05) is 54.7 Å². The summed E-state index contributed by atoms with van der Waals surface area (Å²) in [7, 11) is 3.26. The van der Waals surface area contributed by atoms with Gasteiger partial charge in [-0.25, -0.2) is 4.79 Å². The first-order valence-corrected chi connectivity index (χ1v) is 8.35. The van der Waals surface area contributed by atoms with Crippen LogP contribution < -0.4 is 9.47 Å². The van der Waals surface area contributed by atoms with E-state index in [0.717, 1.165) is 33.8 Å². The number of rotatable bonds is 6. The van der Waals surface area contributed by atoms with Gasteiger partial charge in [-0.15, -0.1) is 0 Å². The lowest BCUT2D eigenvalue weighted by atomic mass is 9.96. The molecule has 5 nitrogen and oxygen atoms in total. The summed E-state index contributed by atoms with van der Waals surface area (Å²) in [5, 5.41) is 0. The van der Waals surface area contributed by atoms with Crippen LogP contribution in [0.3, 0.4) is 0 Å². The van der Waals surface area contributed by atoms with Crippen molar-refractivity contribution < 1.29 is 19.0 Å². The third kappa shape index (κ3) is 3.42. The molecule has 0 saturated heterocycles. The van der Waals surface area contributed by atoms with Crippen LogP contribution in [0.5, 0.6) is 11.5 Å². The van der Waals surface area contributed by atoms with Gasteiger partial charge in [0.05, 0.1) is 20.8 Å². The number of hydrogen-bond donors (Lipinski definition) is 1. The largest absolute Gasteiger partial charge is 0.497 e. The summed E-state index contributed by atoms with van der Waals surface area (Å²) < 4.78 is 15.7. The van der Waals surface area contributed by atoms with Crippen LogP contribution in [0.15, 0.2) is 54.7 Å². The highest BCUT2D eigenvalue weighted by atomic mass is 16.5. The first-order chi connectivity index (χ1) is 12.7. The number of benzene rings is 2. The van der Waals surface area contributed by atoms with Gasteiger partial charge in [0.25, 0.3) is 0 Å². The summed E-state index contributed by atoms with van der Waals surface area (Å²) >= 11 is 0. The zero-order valence-electron chi connectivity index (χ0n) is 15.0. The summed E-state index contributed by atoms with van der Waals surface area (Å²) in [5.74, 6) is 1.16. The molecule has 1 N–H and O–H groups in total. The summed E-state index contributed by atoms with van der Waals surface area (Å²) in [6.07, 6.45) is 1.83. The second-order valence-corrected chi connectivity index (χ2v) is 5.63. The Kier molecular flexibility index (Phi) is 5.27. The summed E-state index contributed by atoms with van der Waals surface area (Å²) in [5.41, 5.74) is 4.03. The maximum Gasteiger partial charge on any atom is 0.355 e. The number of esters is 1. The highest BCUT2D eigenvalue weighted by molar-refractivity contribution is 6.01. The molecule has 0 aliphatic carbocycles. The maximum absolute atomic E-state index is 12.4. The Morgan fingerprint density at radius 2 is 1.42 bits per heavy atom. The van der Waals surface area contributed by atoms with Crippen LogP contribution in [0, 0.1) is 0 Å². The van der Waals surface area contributed by atoms with Crippen LogP contribution in [0.4, 0.5) is 0 Å². The number of hydrogen-bond acceptors (Lipinski definition) is 4. The molecular weight excluding hydrogens is 330 g/mol. The van der Waals surface area contributed by atoms with Gasteiger partial charge in [0, 0.05) is 17.3 Å². The molecule has 3 rings (SSSR count). The maximum atomic E-state index is 12.4. The van der Waals surface area contributed by atoms with Gasteiger partial charge in [-0.2, -0.15) is 0 Å². The number of aromatic nitrogens is 1. The number of carbonyl (C=O) groups is 1. The van der Waals surface area contributed by atoms with Crippen LogP contribution in [0.25, 0.3) is 22.3 Å². The molecule has 26 heavy (non-hydrogen) atoms. The van der Waals surface area contributed by atoms with Crippen LogP contribution >= 0.6 is 0 Å². The van der Waals surface area contributed by atoms with E-state index in [1.165, 1.54) is 0 Å². The van der Waals surface area contributed by atoms with Gasteiger partial charge in [-0.3, -0.25) is 0 Å². The Hall–Kier alpha value is -3.21. The van der Waals surface area contributed by atoms with E-state index >= 15 is 0 Å². The molecule has 0 radical (unpaired) electrons. The molecule has 0 saturated carbocycles. The van der Waals surface area contributed by atoms with Gasteiger partial charge >= 0.3 is 5.97 Å². The average molecular weight is 351 g/mol. The van der Waals surface area contributed by atoms with Crippen LogP contribution in [0.2, 0.25) is 0 Å². The van der Waals surface area contributed by atoms with Crippen LogP contribution in [-0.2, 0) is 4.74 Å². The zero-order valence-corrected chi connectivity index (χ0v) is 15.0. The van der Waals surface area contributed by atoms with Gasteiger partial charge in [0.1, 0.15) is 17.2 Å². The zero-order chi connectivity index (χ0) is 18.5. The molecular formula is C21H21NO4. The molecule has 0 aliphatic heterocycles. The van der Waals surface area contributed by atoms with Gasteiger partial charge in [-0.05, 0) is 42.3 Å². The Morgan fingerprint density at radius 3 is 1.92 bits per heavy atom. The van der Waals surface area contributed by atoms with E-state index in [4.69, 9.17) is 14.2 Å². The van der Waals surface area contributed by atoms with Crippen molar-refractivity contribution >= 4 is 5.97 Å². The monoisotopic (exact) mass is 351 g/mol. The van der Waals surface area contributed by atoms with E-state index < -0.39 is 0 Å². The van der Waals surface area contributed by atoms with Crippen molar-refractivity contribution in [3.8, 4) is 33.8 Å². The summed E-state index contributed by atoms with van der Waals surface area (Å²) in [6.45, 7) is 2.11. The molecule has 5 heteroatoms. The highest BCUT2D eigenvalue weighted by Gasteiger charge is 2.21. The standard InChI is InChI=1S/C21H21NO4/c1-4-26-21(23)20-19(15-7-11-17(25-3)12-8-15)18(13-22-20)14-5-9-16(24-2)10-6-14/h5-13,22H,4H2,1-3H3. The molecule has 0 unspecified atom stereocenters. The number of ether oxygens (including phenoxy) is 3. The van der Waals surface area contributed by atoms with E-state index in [0.29, 0.717) is 12.3 Å². The highest BCUT2D eigenvalue weighted by Crippen LogP contribution is 2.36. The number of carbonyl (C=O) groups excluding carboxylic acids is 1. The van der Waals surface area contributed by atoms with Crippen molar-refractivity contribution in [2.75, 3.05) is 20.8 Å². The van der Waals surface area contributed by atoms with E-state index in [9.17, 15) is 4.79 Å². The second kappa shape index (κ2) is 7.78. The minimum atomic E-state index is -0.377. The predicted octanol–water partition coefficient (Wildman–Crippen LogP) is 4.54. The lowest BCUT2D eigenvalue weighted by molar-refractivity contribution is 0.0521. The molecule has 0 fully saturated rings. The summed E-state index contributed by atoms with van der Waals surface area (Å²) in [4.78, 5) is 15.5. The van der Waals surface area contributed by atoms with Gasteiger partial charge in [0.15, 0.2) is 0 Å². The fourth-order valence-electron chi connectivity index (χ4n) is 2.84. The molecule has 0 atom stereocenters. The van der Waals surface area contributed by atoms with Gasteiger partial charge < -0.3 is 19.2 Å². The first kappa shape index (κ1) is 17.6. The third-order valence-corrected chi connectivity index (χ3v) is 4.14. The smallest absolute Gasteiger partial charge is 0.355 e. The van der Waals surface area contributed by atoms with Crippen molar-refractivity contribution in [2.45, 2.75) is 6.92 Å². The fourth-order valence-corrected chi connectivity index (χ4v) is 2.84. The lowest BCUT2D eigenvalue weighted by Gasteiger charge is -2.09. The topological polar surface area (TPSA) is 60.6 Å². The molecule has 0 spiro atoms. The fraction of sp³-hybridized carbons (Fsp3) is 0.190. The Balaban J connectivity index is 2.12. The minimum Gasteiger partial charge on any atom is -0.497 e. The third-order valence-electron chi connectivity index (χ3n) is 4.14. The van der Waals surface area contributed by atoms with E-state index in [1.54, 1.807) is 21.1 Å². The van der Waals surface area contributed by atoms with Crippen LogP contribution in [0.1, 0.15) is 17.4 Å². The second-order valence-electron chi connectivity index (χ2n) is 5.63. The van der Waals surface area contributed by atoms with E-state index in [-0.39, 0.29) is 5.97 Å². The molecule has 1 heterocycles. The SMILES string of the molecule is CCOC(=O)c1[nH]cc(-c2ccc(OC)cc2)c1-c1ccc(OC)cc1.